The minimum atomic E-state index is 0.0194. The van der Waals surface area contributed by atoms with E-state index in [0.717, 1.165) is 43.3 Å². The van der Waals surface area contributed by atoms with E-state index in [-0.39, 0.29) is 11.8 Å². The first-order valence-corrected chi connectivity index (χ1v) is 10.1. The molecule has 1 N–H and O–H groups in total. The zero-order valence-corrected chi connectivity index (χ0v) is 16.8. The van der Waals surface area contributed by atoms with Crippen LogP contribution in [0.3, 0.4) is 0 Å². The molecule has 0 atom stereocenters. The van der Waals surface area contributed by atoms with Crippen LogP contribution in [-0.4, -0.2) is 38.5 Å². The molecule has 4 rings (SSSR count). The number of nitrogens with zero attached hydrogens (tertiary/aromatic N) is 5. The molecular weight excluding hydrogens is 364 g/mol. The molecule has 0 radical (unpaired) electrons. The zero-order valence-electron chi connectivity index (χ0n) is 16.8. The predicted octanol–water partition coefficient (Wildman–Crippen LogP) is 3.64. The van der Waals surface area contributed by atoms with Gasteiger partial charge in [-0.1, -0.05) is 26.0 Å². The lowest BCUT2D eigenvalue weighted by atomic mass is 9.95. The van der Waals surface area contributed by atoms with Gasteiger partial charge < -0.3 is 10.2 Å². The van der Waals surface area contributed by atoms with Crippen molar-refractivity contribution in [2.75, 3.05) is 23.3 Å². The molecule has 7 heteroatoms. The molecule has 150 valence electrons. The van der Waals surface area contributed by atoms with E-state index in [1.165, 1.54) is 5.56 Å². The summed E-state index contributed by atoms with van der Waals surface area (Å²) in [5.74, 6) is 2.28. The number of aromatic nitrogens is 4. The maximum Gasteiger partial charge on any atom is 0.227 e. The molecule has 3 aromatic rings. The Morgan fingerprint density at radius 1 is 1.10 bits per heavy atom. The minimum Gasteiger partial charge on any atom is -0.356 e. The summed E-state index contributed by atoms with van der Waals surface area (Å²) in [5, 5.41) is 3.07. The van der Waals surface area contributed by atoms with Gasteiger partial charge >= 0.3 is 0 Å². The molecule has 7 nitrogen and oxygen atoms in total. The second-order valence-electron chi connectivity index (χ2n) is 7.73. The summed E-state index contributed by atoms with van der Waals surface area (Å²) in [5.41, 5.74) is 2.14. The first kappa shape index (κ1) is 19.1. The Bertz CT molecular complexity index is 944. The minimum absolute atomic E-state index is 0.0194. The van der Waals surface area contributed by atoms with Crippen molar-refractivity contribution >= 4 is 17.4 Å². The number of piperidine rings is 1. The lowest BCUT2D eigenvalue weighted by molar-refractivity contribution is -0.120. The fourth-order valence-electron chi connectivity index (χ4n) is 3.61. The quantitative estimate of drug-likeness (QED) is 0.720. The van der Waals surface area contributed by atoms with Gasteiger partial charge in [0.15, 0.2) is 0 Å². The highest BCUT2D eigenvalue weighted by atomic mass is 16.1. The summed E-state index contributed by atoms with van der Waals surface area (Å²) in [7, 11) is 0. The molecule has 1 saturated heterocycles. The van der Waals surface area contributed by atoms with Crippen LogP contribution in [0.5, 0.6) is 0 Å². The lowest BCUT2D eigenvalue weighted by Gasteiger charge is -2.32. The average molecular weight is 390 g/mol. The highest BCUT2D eigenvalue weighted by Crippen LogP contribution is 2.24. The smallest absolute Gasteiger partial charge is 0.227 e. The average Bonchev–Trinajstić information content (AvgIpc) is 3.29. The van der Waals surface area contributed by atoms with Crippen LogP contribution in [0.15, 0.2) is 55.4 Å². The molecule has 29 heavy (non-hydrogen) atoms. The van der Waals surface area contributed by atoms with E-state index in [1.54, 1.807) is 18.9 Å². The SMILES string of the molecule is CC(C)c1ccc(NC(=O)C2CCN(c3cc(-n4ccnc4)ncn3)CC2)cc1. The molecule has 1 aliphatic rings. The number of imidazole rings is 1. The summed E-state index contributed by atoms with van der Waals surface area (Å²) in [6.07, 6.45) is 8.49. The maximum atomic E-state index is 12.7. The molecule has 0 bridgehead atoms. The Balaban J connectivity index is 1.34. The van der Waals surface area contributed by atoms with Crippen LogP contribution in [0.25, 0.3) is 5.82 Å². The Hall–Kier alpha value is -3.22. The fraction of sp³-hybridized carbons (Fsp3) is 0.364. The van der Waals surface area contributed by atoms with Crippen LogP contribution in [-0.2, 0) is 4.79 Å². The molecule has 2 aromatic heterocycles. The standard InChI is InChI=1S/C22H26N6O/c1-16(2)17-3-5-19(6-4-17)26-22(29)18-7-10-27(11-8-18)20-13-21(25-14-24-20)28-12-9-23-15-28/h3-6,9,12-16,18H,7-8,10-11H2,1-2H3,(H,26,29). The van der Waals surface area contributed by atoms with Gasteiger partial charge in [0.2, 0.25) is 5.91 Å². The van der Waals surface area contributed by atoms with Gasteiger partial charge in [0, 0.05) is 43.2 Å². The highest BCUT2D eigenvalue weighted by molar-refractivity contribution is 5.92. The Labute approximate surface area is 170 Å². The van der Waals surface area contributed by atoms with Gasteiger partial charge in [0.1, 0.15) is 24.3 Å². The van der Waals surface area contributed by atoms with E-state index < -0.39 is 0 Å². The van der Waals surface area contributed by atoms with Crippen LogP contribution in [0.2, 0.25) is 0 Å². The molecule has 1 aliphatic heterocycles. The van der Waals surface area contributed by atoms with Gasteiger partial charge in [-0.3, -0.25) is 9.36 Å². The lowest BCUT2D eigenvalue weighted by Crippen LogP contribution is -2.38. The normalized spacial score (nSPS) is 14.9. The first-order chi connectivity index (χ1) is 14.1. The number of benzene rings is 1. The van der Waals surface area contributed by atoms with Crippen molar-refractivity contribution in [2.45, 2.75) is 32.6 Å². The molecule has 1 aromatic carbocycles. The molecular formula is C22H26N6O. The van der Waals surface area contributed by atoms with Crippen molar-refractivity contribution in [2.24, 2.45) is 5.92 Å². The monoisotopic (exact) mass is 390 g/mol. The van der Waals surface area contributed by atoms with Gasteiger partial charge in [-0.25, -0.2) is 15.0 Å². The van der Waals surface area contributed by atoms with Crippen molar-refractivity contribution in [3.63, 3.8) is 0 Å². The van der Waals surface area contributed by atoms with Crippen molar-refractivity contribution in [3.05, 3.63) is 60.9 Å². The molecule has 1 fully saturated rings. The van der Waals surface area contributed by atoms with Crippen molar-refractivity contribution in [3.8, 4) is 5.82 Å². The van der Waals surface area contributed by atoms with Crippen molar-refractivity contribution < 1.29 is 4.79 Å². The highest BCUT2D eigenvalue weighted by Gasteiger charge is 2.26. The van der Waals surface area contributed by atoms with Crippen LogP contribution < -0.4 is 10.2 Å². The second-order valence-corrected chi connectivity index (χ2v) is 7.73. The predicted molar refractivity (Wildman–Crippen MR) is 113 cm³/mol. The van der Waals surface area contributed by atoms with E-state index in [4.69, 9.17) is 0 Å². The third-order valence-corrected chi connectivity index (χ3v) is 5.44. The maximum absolute atomic E-state index is 12.7. The molecule has 3 heterocycles. The van der Waals surface area contributed by atoms with Gasteiger partial charge in [-0.15, -0.1) is 0 Å². The van der Waals surface area contributed by atoms with Crippen LogP contribution in [0.1, 0.15) is 38.2 Å². The topological polar surface area (TPSA) is 75.9 Å². The third kappa shape index (κ3) is 4.45. The molecule has 1 amide bonds. The Morgan fingerprint density at radius 3 is 2.48 bits per heavy atom. The summed E-state index contributed by atoms with van der Waals surface area (Å²) in [6.45, 7) is 5.92. The Morgan fingerprint density at radius 2 is 1.83 bits per heavy atom. The van der Waals surface area contributed by atoms with E-state index in [9.17, 15) is 4.79 Å². The first-order valence-electron chi connectivity index (χ1n) is 10.1. The van der Waals surface area contributed by atoms with Gasteiger partial charge in [0.25, 0.3) is 0 Å². The summed E-state index contributed by atoms with van der Waals surface area (Å²) >= 11 is 0. The Kier molecular flexibility index (Phi) is 5.55. The number of hydrogen-bond acceptors (Lipinski definition) is 5. The fourth-order valence-corrected chi connectivity index (χ4v) is 3.61. The number of carbonyl (C=O) groups is 1. The van der Waals surface area contributed by atoms with Gasteiger partial charge in [-0.2, -0.15) is 0 Å². The van der Waals surface area contributed by atoms with E-state index in [1.807, 2.05) is 29.0 Å². The summed E-state index contributed by atoms with van der Waals surface area (Å²) in [4.78, 5) is 27.7. The molecule has 0 spiro atoms. The number of nitrogens with one attached hydrogen (secondary N) is 1. The number of amides is 1. The molecule has 0 aliphatic carbocycles. The van der Waals surface area contributed by atoms with Crippen LogP contribution in [0.4, 0.5) is 11.5 Å². The van der Waals surface area contributed by atoms with E-state index in [0.29, 0.717) is 5.92 Å². The van der Waals surface area contributed by atoms with E-state index >= 15 is 0 Å². The molecule has 0 saturated carbocycles. The number of anilines is 2. The van der Waals surface area contributed by atoms with Crippen LogP contribution >= 0.6 is 0 Å². The van der Waals surface area contributed by atoms with E-state index in [2.05, 4.69) is 51.1 Å². The second kappa shape index (κ2) is 8.43. The number of carbonyl (C=O) groups excluding carboxylic acids is 1. The summed E-state index contributed by atoms with van der Waals surface area (Å²) in [6, 6.07) is 10.1. The van der Waals surface area contributed by atoms with Crippen molar-refractivity contribution in [1.82, 2.24) is 19.5 Å². The van der Waals surface area contributed by atoms with Crippen molar-refractivity contribution in [1.29, 1.82) is 0 Å². The number of hydrogen-bond donors (Lipinski definition) is 1. The largest absolute Gasteiger partial charge is 0.356 e. The number of rotatable bonds is 5. The zero-order chi connectivity index (χ0) is 20.2. The third-order valence-electron chi connectivity index (χ3n) is 5.44. The van der Waals surface area contributed by atoms with Gasteiger partial charge in [-0.05, 0) is 36.5 Å². The molecule has 0 unspecified atom stereocenters. The summed E-state index contributed by atoms with van der Waals surface area (Å²) < 4.78 is 1.86. The van der Waals surface area contributed by atoms with Gasteiger partial charge in [0.05, 0.1) is 0 Å². The van der Waals surface area contributed by atoms with Crippen LogP contribution in [0, 0.1) is 5.92 Å².